The Bertz CT molecular complexity index is 178. The molecule has 0 aromatic carbocycles. The molecule has 1 fully saturated rings. The lowest BCUT2D eigenvalue weighted by molar-refractivity contribution is -0.140. The standard InChI is InChI=1S/C6H9NO3/c1-2-7-5(9)3-4(8)6(7)10/h4,8H,2-3H2,1H3/t4-/m0/s1. The highest BCUT2D eigenvalue weighted by atomic mass is 16.3. The van der Waals surface area contributed by atoms with E-state index in [2.05, 4.69) is 0 Å². The Labute approximate surface area is 58.4 Å². The van der Waals surface area contributed by atoms with Gasteiger partial charge >= 0.3 is 0 Å². The first-order chi connectivity index (χ1) is 4.66. The monoisotopic (exact) mass is 143 g/mol. The first-order valence-corrected chi connectivity index (χ1v) is 3.19. The lowest BCUT2D eigenvalue weighted by Crippen LogP contribution is -2.31. The smallest absolute Gasteiger partial charge is 0.258 e. The molecule has 0 unspecified atom stereocenters. The van der Waals surface area contributed by atoms with Crippen molar-refractivity contribution in [1.82, 2.24) is 4.90 Å². The van der Waals surface area contributed by atoms with E-state index < -0.39 is 12.0 Å². The van der Waals surface area contributed by atoms with Gasteiger partial charge in [-0.2, -0.15) is 0 Å². The third-order valence-corrected chi connectivity index (χ3v) is 1.54. The van der Waals surface area contributed by atoms with E-state index in [1.165, 1.54) is 0 Å². The van der Waals surface area contributed by atoms with Crippen LogP contribution in [0, 0.1) is 0 Å². The van der Waals surface area contributed by atoms with Crippen molar-refractivity contribution in [2.24, 2.45) is 0 Å². The molecule has 1 aliphatic rings. The number of hydrogen-bond acceptors (Lipinski definition) is 3. The summed E-state index contributed by atoms with van der Waals surface area (Å²) in [7, 11) is 0. The van der Waals surface area contributed by atoms with E-state index >= 15 is 0 Å². The molecule has 4 nitrogen and oxygen atoms in total. The predicted octanol–water partition coefficient (Wildman–Crippen LogP) is -0.874. The summed E-state index contributed by atoms with van der Waals surface area (Å²) in [6.45, 7) is 2.06. The fourth-order valence-corrected chi connectivity index (χ4v) is 0.998. The lowest BCUT2D eigenvalue weighted by atomic mass is 10.3. The van der Waals surface area contributed by atoms with Crippen LogP contribution in [0.3, 0.4) is 0 Å². The number of carbonyl (C=O) groups excluding carboxylic acids is 2. The molecule has 10 heavy (non-hydrogen) atoms. The number of rotatable bonds is 1. The molecule has 0 radical (unpaired) electrons. The van der Waals surface area contributed by atoms with E-state index in [-0.39, 0.29) is 12.3 Å². The largest absolute Gasteiger partial charge is 0.383 e. The average molecular weight is 143 g/mol. The zero-order valence-corrected chi connectivity index (χ0v) is 5.70. The molecule has 1 saturated heterocycles. The maximum atomic E-state index is 10.8. The second-order valence-corrected chi connectivity index (χ2v) is 2.20. The second-order valence-electron chi connectivity index (χ2n) is 2.20. The van der Waals surface area contributed by atoms with Gasteiger partial charge in [-0.1, -0.05) is 0 Å². The summed E-state index contributed by atoms with van der Waals surface area (Å²) in [5, 5.41) is 8.86. The van der Waals surface area contributed by atoms with Gasteiger partial charge < -0.3 is 5.11 Å². The first-order valence-electron chi connectivity index (χ1n) is 3.19. The zero-order valence-electron chi connectivity index (χ0n) is 5.70. The van der Waals surface area contributed by atoms with Crippen LogP contribution in [0.15, 0.2) is 0 Å². The SMILES string of the molecule is CCN1C(=O)C[C@H](O)C1=O. The molecule has 0 aromatic rings. The van der Waals surface area contributed by atoms with Crippen molar-refractivity contribution >= 4 is 11.8 Å². The van der Waals surface area contributed by atoms with Crippen molar-refractivity contribution < 1.29 is 14.7 Å². The molecule has 4 heteroatoms. The van der Waals surface area contributed by atoms with Crippen molar-refractivity contribution in [3.63, 3.8) is 0 Å². The van der Waals surface area contributed by atoms with Crippen LogP contribution < -0.4 is 0 Å². The van der Waals surface area contributed by atoms with Gasteiger partial charge in [-0.25, -0.2) is 0 Å². The molecular formula is C6H9NO3. The first kappa shape index (κ1) is 7.21. The molecule has 0 bridgehead atoms. The van der Waals surface area contributed by atoms with Crippen LogP contribution in [0.2, 0.25) is 0 Å². The molecule has 0 spiro atoms. The van der Waals surface area contributed by atoms with Gasteiger partial charge in [-0.15, -0.1) is 0 Å². The van der Waals surface area contributed by atoms with Crippen LogP contribution in [0.1, 0.15) is 13.3 Å². The number of likely N-dealkylation sites (N-methyl/N-ethyl adjacent to an activating group) is 1. The molecule has 56 valence electrons. The van der Waals surface area contributed by atoms with Crippen LogP contribution >= 0.6 is 0 Å². The Morgan fingerprint density at radius 1 is 1.70 bits per heavy atom. The Kier molecular flexibility index (Phi) is 1.72. The van der Waals surface area contributed by atoms with Gasteiger partial charge in [-0.3, -0.25) is 14.5 Å². The summed E-state index contributed by atoms with van der Waals surface area (Å²) < 4.78 is 0. The second kappa shape index (κ2) is 2.38. The molecule has 1 heterocycles. The quantitative estimate of drug-likeness (QED) is 0.485. The summed E-state index contributed by atoms with van der Waals surface area (Å²) in [5.41, 5.74) is 0. The topological polar surface area (TPSA) is 57.6 Å². The van der Waals surface area contributed by atoms with E-state index in [1.54, 1.807) is 6.92 Å². The summed E-state index contributed by atoms with van der Waals surface area (Å²) in [4.78, 5) is 22.6. The Morgan fingerprint density at radius 2 is 2.30 bits per heavy atom. The molecule has 1 rings (SSSR count). The van der Waals surface area contributed by atoms with Crippen molar-refractivity contribution in [1.29, 1.82) is 0 Å². The van der Waals surface area contributed by atoms with Gasteiger partial charge in [0.2, 0.25) is 5.91 Å². The summed E-state index contributed by atoms with van der Waals surface area (Å²) in [6, 6.07) is 0. The number of nitrogens with zero attached hydrogens (tertiary/aromatic N) is 1. The predicted molar refractivity (Wildman–Crippen MR) is 33.0 cm³/mol. The van der Waals surface area contributed by atoms with Crippen LogP contribution in [-0.4, -0.2) is 34.5 Å². The van der Waals surface area contributed by atoms with E-state index in [0.29, 0.717) is 6.54 Å². The molecule has 0 aliphatic carbocycles. The van der Waals surface area contributed by atoms with E-state index in [0.717, 1.165) is 4.90 Å². The Morgan fingerprint density at radius 3 is 2.50 bits per heavy atom. The maximum Gasteiger partial charge on any atom is 0.258 e. The normalized spacial score (nSPS) is 26.2. The highest BCUT2D eigenvalue weighted by Crippen LogP contribution is 2.11. The zero-order chi connectivity index (χ0) is 7.72. The number of aliphatic hydroxyl groups excluding tert-OH is 1. The fourth-order valence-electron chi connectivity index (χ4n) is 0.998. The molecule has 1 atom stereocenters. The number of amides is 2. The minimum Gasteiger partial charge on any atom is -0.383 e. The average Bonchev–Trinajstić information content (AvgIpc) is 2.09. The van der Waals surface area contributed by atoms with Crippen LogP contribution in [0.5, 0.6) is 0 Å². The minimum atomic E-state index is -1.09. The summed E-state index contributed by atoms with van der Waals surface area (Å²) in [6.07, 6.45) is -1.14. The molecule has 1 N–H and O–H groups in total. The molecule has 0 aromatic heterocycles. The maximum absolute atomic E-state index is 10.8. The van der Waals surface area contributed by atoms with E-state index in [9.17, 15) is 9.59 Å². The molecule has 2 amide bonds. The Hall–Kier alpha value is -0.900. The minimum absolute atomic E-state index is 0.0489. The third kappa shape index (κ3) is 0.903. The van der Waals surface area contributed by atoms with E-state index in [1.807, 2.05) is 0 Å². The highest BCUT2D eigenvalue weighted by Gasteiger charge is 2.35. The van der Waals surface area contributed by atoms with Crippen molar-refractivity contribution in [2.75, 3.05) is 6.54 Å². The van der Waals surface area contributed by atoms with Gasteiger partial charge in [0.15, 0.2) is 0 Å². The molecular weight excluding hydrogens is 134 g/mol. The van der Waals surface area contributed by atoms with Gasteiger partial charge in [0.1, 0.15) is 6.10 Å². The van der Waals surface area contributed by atoms with Gasteiger partial charge in [0.05, 0.1) is 6.42 Å². The van der Waals surface area contributed by atoms with E-state index in [4.69, 9.17) is 5.11 Å². The fraction of sp³-hybridized carbons (Fsp3) is 0.667. The summed E-state index contributed by atoms with van der Waals surface area (Å²) >= 11 is 0. The number of carbonyl (C=O) groups is 2. The highest BCUT2D eigenvalue weighted by molar-refractivity contribution is 6.04. The number of aliphatic hydroxyl groups is 1. The van der Waals surface area contributed by atoms with Crippen LogP contribution in [-0.2, 0) is 9.59 Å². The number of likely N-dealkylation sites (tertiary alicyclic amines) is 1. The summed E-state index contributed by atoms with van der Waals surface area (Å²) in [5.74, 6) is -0.743. The number of imide groups is 1. The molecule has 0 saturated carbocycles. The van der Waals surface area contributed by atoms with Crippen LogP contribution in [0.4, 0.5) is 0 Å². The van der Waals surface area contributed by atoms with Gasteiger partial charge in [-0.05, 0) is 6.92 Å². The molecule has 1 aliphatic heterocycles. The number of hydrogen-bond donors (Lipinski definition) is 1. The third-order valence-electron chi connectivity index (χ3n) is 1.54. The Balaban J connectivity index is 2.74. The van der Waals surface area contributed by atoms with Crippen molar-refractivity contribution in [2.45, 2.75) is 19.4 Å². The lowest BCUT2D eigenvalue weighted by Gasteiger charge is -2.08. The van der Waals surface area contributed by atoms with Crippen molar-refractivity contribution in [3.8, 4) is 0 Å². The van der Waals surface area contributed by atoms with Gasteiger partial charge in [0.25, 0.3) is 5.91 Å². The van der Waals surface area contributed by atoms with Gasteiger partial charge in [0, 0.05) is 6.54 Å². The van der Waals surface area contributed by atoms with Crippen molar-refractivity contribution in [3.05, 3.63) is 0 Å². The van der Waals surface area contributed by atoms with Crippen LogP contribution in [0.25, 0.3) is 0 Å².